The summed E-state index contributed by atoms with van der Waals surface area (Å²) < 4.78 is 10.6. The zero-order valence-electron chi connectivity index (χ0n) is 11.9. The minimum absolute atomic E-state index is 0.0427. The van der Waals surface area contributed by atoms with Gasteiger partial charge >= 0.3 is 5.97 Å². The topological polar surface area (TPSA) is 61.5 Å². The molecule has 0 spiro atoms. The van der Waals surface area contributed by atoms with Crippen LogP contribution in [0.15, 0.2) is 24.3 Å². The van der Waals surface area contributed by atoms with Gasteiger partial charge in [0.15, 0.2) is 6.10 Å². The van der Waals surface area contributed by atoms with E-state index in [1.165, 1.54) is 0 Å². The zero-order chi connectivity index (χ0) is 14.3. The maximum Gasteiger partial charge on any atom is 0.347 e. The van der Waals surface area contributed by atoms with Crippen LogP contribution in [0.4, 0.5) is 0 Å². The molecule has 0 saturated carbocycles. The lowest BCUT2D eigenvalue weighted by Crippen LogP contribution is -2.28. The lowest BCUT2D eigenvalue weighted by molar-refractivity contribution is -0.151. The Kier molecular flexibility index (Phi) is 6.36. The molecule has 4 nitrogen and oxygen atoms in total. The maximum absolute atomic E-state index is 11.6. The van der Waals surface area contributed by atoms with Crippen LogP contribution in [0.25, 0.3) is 0 Å². The van der Waals surface area contributed by atoms with Crippen LogP contribution in [0.2, 0.25) is 0 Å². The van der Waals surface area contributed by atoms with E-state index in [9.17, 15) is 4.79 Å². The van der Waals surface area contributed by atoms with Gasteiger partial charge in [-0.25, -0.2) is 4.79 Å². The minimum Gasteiger partial charge on any atom is -0.479 e. The summed E-state index contributed by atoms with van der Waals surface area (Å²) in [7, 11) is 0. The monoisotopic (exact) mass is 265 g/mol. The van der Waals surface area contributed by atoms with Crippen molar-refractivity contribution in [1.29, 1.82) is 0 Å². The third-order valence-electron chi connectivity index (χ3n) is 2.95. The van der Waals surface area contributed by atoms with Crippen LogP contribution >= 0.6 is 0 Å². The molecular weight excluding hydrogens is 242 g/mol. The van der Waals surface area contributed by atoms with Gasteiger partial charge in [0.1, 0.15) is 5.75 Å². The van der Waals surface area contributed by atoms with Crippen LogP contribution in [-0.4, -0.2) is 18.7 Å². The van der Waals surface area contributed by atoms with Gasteiger partial charge in [-0.3, -0.25) is 0 Å². The molecule has 1 aromatic carbocycles. The molecule has 0 saturated heterocycles. The highest BCUT2D eigenvalue weighted by Gasteiger charge is 2.19. The predicted octanol–water partition coefficient (Wildman–Crippen LogP) is 2.82. The summed E-state index contributed by atoms with van der Waals surface area (Å²) in [6, 6.07) is 7.59. The van der Waals surface area contributed by atoms with E-state index in [4.69, 9.17) is 15.2 Å². The third kappa shape index (κ3) is 4.56. The van der Waals surface area contributed by atoms with Gasteiger partial charge in [0.2, 0.25) is 0 Å². The van der Waals surface area contributed by atoms with Gasteiger partial charge in [-0.15, -0.1) is 0 Å². The number of hydrogen-bond donors (Lipinski definition) is 1. The Morgan fingerprint density at radius 3 is 2.26 bits per heavy atom. The Morgan fingerprint density at radius 2 is 1.79 bits per heavy atom. The van der Waals surface area contributed by atoms with Crippen molar-refractivity contribution in [1.82, 2.24) is 0 Å². The fourth-order valence-electron chi connectivity index (χ4n) is 1.73. The van der Waals surface area contributed by atoms with Gasteiger partial charge in [-0.2, -0.15) is 0 Å². The van der Waals surface area contributed by atoms with E-state index in [0.29, 0.717) is 18.8 Å². The maximum atomic E-state index is 11.6. The van der Waals surface area contributed by atoms with Crippen molar-refractivity contribution in [3.63, 3.8) is 0 Å². The van der Waals surface area contributed by atoms with Crippen LogP contribution < -0.4 is 10.5 Å². The smallest absolute Gasteiger partial charge is 0.347 e. The molecular formula is C15H23NO3. The van der Waals surface area contributed by atoms with E-state index in [0.717, 1.165) is 12.0 Å². The molecule has 0 heterocycles. The number of carbonyl (C=O) groups excluding carboxylic acids is 1. The van der Waals surface area contributed by atoms with E-state index in [2.05, 4.69) is 0 Å². The molecule has 2 unspecified atom stereocenters. The second-order valence-electron chi connectivity index (χ2n) is 4.35. The van der Waals surface area contributed by atoms with Gasteiger partial charge in [0.25, 0.3) is 0 Å². The highest BCUT2D eigenvalue weighted by Crippen LogP contribution is 2.20. The number of nitrogens with two attached hydrogens (primary N) is 1. The summed E-state index contributed by atoms with van der Waals surface area (Å²) in [6.07, 6.45) is 0.918. The molecule has 0 aliphatic heterocycles. The van der Waals surface area contributed by atoms with Crippen LogP contribution in [0.5, 0.6) is 5.75 Å². The summed E-state index contributed by atoms with van der Waals surface area (Å²) >= 11 is 0. The predicted molar refractivity (Wildman–Crippen MR) is 75.0 cm³/mol. The molecule has 4 heteroatoms. The molecule has 19 heavy (non-hydrogen) atoms. The first-order valence-electron chi connectivity index (χ1n) is 6.81. The second-order valence-corrected chi connectivity index (χ2v) is 4.35. The Balaban J connectivity index is 2.68. The van der Waals surface area contributed by atoms with Crippen molar-refractivity contribution in [2.24, 2.45) is 5.73 Å². The molecule has 0 radical (unpaired) electrons. The van der Waals surface area contributed by atoms with Gasteiger partial charge in [0, 0.05) is 6.04 Å². The SMILES string of the molecule is CCOC(=O)C(CC)Oc1ccc(C(N)CC)cc1. The third-order valence-corrected chi connectivity index (χ3v) is 2.95. The van der Waals surface area contributed by atoms with E-state index < -0.39 is 6.10 Å². The van der Waals surface area contributed by atoms with Crippen molar-refractivity contribution in [3.8, 4) is 5.75 Å². The number of esters is 1. The molecule has 0 aromatic heterocycles. The fourth-order valence-corrected chi connectivity index (χ4v) is 1.73. The molecule has 0 aliphatic rings. The Labute approximate surface area is 114 Å². The standard InChI is InChI=1S/C15H23NO3/c1-4-13(16)11-7-9-12(10-8-11)19-14(5-2)15(17)18-6-3/h7-10,13-14H,4-6,16H2,1-3H3. The van der Waals surface area contributed by atoms with Crippen LogP contribution in [0.3, 0.4) is 0 Å². The summed E-state index contributed by atoms with van der Waals surface area (Å²) in [5.74, 6) is 0.339. The summed E-state index contributed by atoms with van der Waals surface area (Å²) in [5.41, 5.74) is 7.01. The highest BCUT2D eigenvalue weighted by atomic mass is 16.6. The number of rotatable bonds is 7. The molecule has 106 valence electrons. The Morgan fingerprint density at radius 1 is 1.16 bits per heavy atom. The largest absolute Gasteiger partial charge is 0.479 e. The van der Waals surface area contributed by atoms with Gasteiger partial charge < -0.3 is 15.2 Å². The molecule has 2 N–H and O–H groups in total. The van der Waals surface area contributed by atoms with Crippen molar-refractivity contribution in [2.75, 3.05) is 6.61 Å². The van der Waals surface area contributed by atoms with Crippen molar-refractivity contribution >= 4 is 5.97 Å². The van der Waals surface area contributed by atoms with Crippen LogP contribution in [0, 0.1) is 0 Å². The van der Waals surface area contributed by atoms with Crippen LogP contribution in [0.1, 0.15) is 45.2 Å². The van der Waals surface area contributed by atoms with Gasteiger partial charge in [0.05, 0.1) is 6.61 Å². The average molecular weight is 265 g/mol. The average Bonchev–Trinajstić information content (AvgIpc) is 2.44. The first kappa shape index (κ1) is 15.5. The Bertz CT molecular complexity index is 389. The molecule has 0 amide bonds. The minimum atomic E-state index is -0.550. The van der Waals surface area contributed by atoms with E-state index >= 15 is 0 Å². The van der Waals surface area contributed by atoms with E-state index in [1.807, 2.05) is 38.1 Å². The lowest BCUT2D eigenvalue weighted by atomic mass is 10.1. The quantitative estimate of drug-likeness (QED) is 0.770. The van der Waals surface area contributed by atoms with Gasteiger partial charge in [-0.1, -0.05) is 26.0 Å². The van der Waals surface area contributed by atoms with Crippen LogP contribution in [-0.2, 0) is 9.53 Å². The Hall–Kier alpha value is -1.55. The van der Waals surface area contributed by atoms with Crippen molar-refractivity contribution in [3.05, 3.63) is 29.8 Å². The number of hydrogen-bond acceptors (Lipinski definition) is 4. The van der Waals surface area contributed by atoms with Crippen molar-refractivity contribution < 1.29 is 14.3 Å². The first-order valence-corrected chi connectivity index (χ1v) is 6.81. The molecule has 0 aliphatic carbocycles. The summed E-state index contributed by atoms with van der Waals surface area (Å²) in [4.78, 5) is 11.6. The van der Waals surface area contributed by atoms with E-state index in [-0.39, 0.29) is 12.0 Å². The number of ether oxygens (including phenoxy) is 2. The van der Waals surface area contributed by atoms with Crippen molar-refractivity contribution in [2.45, 2.75) is 45.8 Å². The molecule has 0 bridgehead atoms. The normalized spacial score (nSPS) is 13.7. The first-order chi connectivity index (χ1) is 9.12. The second kappa shape index (κ2) is 7.79. The summed E-state index contributed by atoms with van der Waals surface area (Å²) in [6.45, 7) is 6.08. The fraction of sp³-hybridized carbons (Fsp3) is 0.533. The van der Waals surface area contributed by atoms with E-state index in [1.54, 1.807) is 6.92 Å². The zero-order valence-corrected chi connectivity index (χ0v) is 11.9. The summed E-state index contributed by atoms with van der Waals surface area (Å²) in [5, 5.41) is 0. The number of benzene rings is 1. The molecule has 1 aromatic rings. The molecule has 2 atom stereocenters. The molecule has 1 rings (SSSR count). The molecule has 0 fully saturated rings. The van der Waals surface area contributed by atoms with Gasteiger partial charge in [-0.05, 0) is 37.5 Å². The lowest BCUT2D eigenvalue weighted by Gasteiger charge is -2.16. The number of carbonyl (C=O) groups is 1. The highest BCUT2D eigenvalue weighted by molar-refractivity contribution is 5.75.